The quantitative estimate of drug-likeness (QED) is 0.858. The zero-order chi connectivity index (χ0) is 14.1. The Kier molecular flexibility index (Phi) is 3.40. The number of thioether (sulfide) groups is 1. The second-order valence-corrected chi connectivity index (χ2v) is 5.26. The highest BCUT2D eigenvalue weighted by Crippen LogP contribution is 2.37. The van der Waals surface area contributed by atoms with Crippen LogP contribution < -0.4 is 9.47 Å². The van der Waals surface area contributed by atoms with Crippen molar-refractivity contribution in [3.8, 4) is 11.5 Å². The minimum atomic E-state index is 0.0357. The van der Waals surface area contributed by atoms with E-state index in [4.69, 9.17) is 9.47 Å². The maximum absolute atomic E-state index is 5.37. The largest absolute Gasteiger partial charge is 0.493 e. The van der Waals surface area contributed by atoms with Crippen LogP contribution in [0.15, 0.2) is 40.1 Å². The summed E-state index contributed by atoms with van der Waals surface area (Å²) < 4.78 is 10.6. The van der Waals surface area contributed by atoms with Crippen molar-refractivity contribution in [1.82, 2.24) is 5.01 Å². The predicted molar refractivity (Wildman–Crippen MR) is 81.4 cm³/mol. The van der Waals surface area contributed by atoms with E-state index in [-0.39, 0.29) is 6.04 Å². The number of allylic oxidation sites excluding steroid dienone is 1. The standard InChI is InChI=1S/C14H15N3O2S/c1-9-6-11(17-14(16-9)20-8-15-17)10-4-5-12(18-2)13(7-10)19-3/h4-8,11H,1-3H3. The summed E-state index contributed by atoms with van der Waals surface area (Å²) in [5.74, 6) is 1.44. The molecule has 1 atom stereocenters. The lowest BCUT2D eigenvalue weighted by atomic mass is 10.0. The van der Waals surface area contributed by atoms with Gasteiger partial charge in [0.15, 0.2) is 16.7 Å². The van der Waals surface area contributed by atoms with Crippen LogP contribution in [-0.2, 0) is 0 Å². The molecule has 0 fully saturated rings. The van der Waals surface area contributed by atoms with Gasteiger partial charge in [-0.2, -0.15) is 5.10 Å². The molecule has 3 rings (SSSR count). The van der Waals surface area contributed by atoms with Gasteiger partial charge in [-0.3, -0.25) is 0 Å². The van der Waals surface area contributed by atoms with E-state index in [0.717, 1.165) is 27.9 Å². The first kappa shape index (κ1) is 13.1. The maximum atomic E-state index is 5.37. The van der Waals surface area contributed by atoms with Crippen LogP contribution in [0.5, 0.6) is 11.5 Å². The molecule has 5 nitrogen and oxygen atoms in total. The SMILES string of the molecule is COc1ccc(C2C=C(C)N=C3SC=NN32)cc1OC. The Morgan fingerprint density at radius 2 is 2.00 bits per heavy atom. The molecule has 0 N–H and O–H groups in total. The summed E-state index contributed by atoms with van der Waals surface area (Å²) in [4.78, 5) is 4.48. The first-order chi connectivity index (χ1) is 9.72. The van der Waals surface area contributed by atoms with E-state index >= 15 is 0 Å². The summed E-state index contributed by atoms with van der Waals surface area (Å²) in [7, 11) is 3.27. The number of hydrazone groups is 1. The van der Waals surface area contributed by atoms with Gasteiger partial charge in [-0.05, 0) is 42.5 Å². The van der Waals surface area contributed by atoms with Crippen molar-refractivity contribution in [3.63, 3.8) is 0 Å². The van der Waals surface area contributed by atoms with Gasteiger partial charge in [0.2, 0.25) is 0 Å². The van der Waals surface area contributed by atoms with Gasteiger partial charge >= 0.3 is 0 Å². The molecule has 0 aliphatic carbocycles. The van der Waals surface area contributed by atoms with Gasteiger partial charge in [-0.1, -0.05) is 6.07 Å². The van der Waals surface area contributed by atoms with Crippen molar-refractivity contribution in [3.05, 3.63) is 35.5 Å². The fourth-order valence-electron chi connectivity index (χ4n) is 2.25. The van der Waals surface area contributed by atoms with Crippen molar-refractivity contribution in [2.45, 2.75) is 13.0 Å². The average Bonchev–Trinajstić information content (AvgIpc) is 2.93. The van der Waals surface area contributed by atoms with E-state index < -0.39 is 0 Å². The fraction of sp³-hybridized carbons (Fsp3) is 0.286. The number of hydrogen-bond acceptors (Lipinski definition) is 6. The molecule has 0 aromatic heterocycles. The molecule has 1 aromatic carbocycles. The fourth-order valence-corrected chi connectivity index (χ4v) is 2.96. The summed E-state index contributed by atoms with van der Waals surface area (Å²) in [5, 5.41) is 7.19. The van der Waals surface area contributed by atoms with E-state index in [1.54, 1.807) is 19.8 Å². The lowest BCUT2D eigenvalue weighted by molar-refractivity contribution is 0.351. The number of nitrogens with zero attached hydrogens (tertiary/aromatic N) is 3. The van der Waals surface area contributed by atoms with Crippen LogP contribution in [0.25, 0.3) is 0 Å². The molecule has 0 spiro atoms. The van der Waals surface area contributed by atoms with Crippen molar-refractivity contribution in [2.24, 2.45) is 10.1 Å². The summed E-state index contributed by atoms with van der Waals surface area (Å²) >= 11 is 1.53. The molecule has 0 amide bonds. The van der Waals surface area contributed by atoms with E-state index in [0.29, 0.717) is 0 Å². The summed E-state index contributed by atoms with van der Waals surface area (Å²) in [6, 6.07) is 5.95. The molecular formula is C14H15N3O2S. The van der Waals surface area contributed by atoms with Crippen molar-refractivity contribution < 1.29 is 9.47 Å². The van der Waals surface area contributed by atoms with Gasteiger partial charge in [0.25, 0.3) is 0 Å². The predicted octanol–water partition coefficient (Wildman–Crippen LogP) is 3.01. The molecule has 0 bridgehead atoms. The third-order valence-electron chi connectivity index (χ3n) is 3.21. The molecule has 1 unspecified atom stereocenters. The maximum Gasteiger partial charge on any atom is 0.191 e. The minimum Gasteiger partial charge on any atom is -0.493 e. The number of methoxy groups -OCH3 is 2. The van der Waals surface area contributed by atoms with Gasteiger partial charge in [0, 0.05) is 5.70 Å². The van der Waals surface area contributed by atoms with Crippen LogP contribution in [0.3, 0.4) is 0 Å². The van der Waals surface area contributed by atoms with Crippen LogP contribution in [-0.4, -0.2) is 29.9 Å². The highest BCUT2D eigenvalue weighted by Gasteiger charge is 2.29. The zero-order valence-electron chi connectivity index (χ0n) is 11.5. The third-order valence-corrected chi connectivity index (χ3v) is 3.90. The van der Waals surface area contributed by atoms with Crippen LogP contribution >= 0.6 is 11.8 Å². The first-order valence-electron chi connectivity index (χ1n) is 6.20. The number of fused-ring (bicyclic) bond motifs is 1. The molecule has 0 saturated heterocycles. The number of rotatable bonds is 3. The monoisotopic (exact) mass is 289 g/mol. The van der Waals surface area contributed by atoms with Gasteiger partial charge in [-0.25, -0.2) is 10.0 Å². The number of aliphatic imine (C=N–C) groups is 1. The van der Waals surface area contributed by atoms with Crippen LogP contribution in [0.1, 0.15) is 18.5 Å². The van der Waals surface area contributed by atoms with Gasteiger partial charge < -0.3 is 9.47 Å². The molecule has 0 saturated carbocycles. The molecule has 20 heavy (non-hydrogen) atoms. The lowest BCUT2D eigenvalue weighted by Crippen LogP contribution is -2.27. The minimum absolute atomic E-state index is 0.0357. The second kappa shape index (κ2) is 5.20. The van der Waals surface area contributed by atoms with E-state index in [9.17, 15) is 0 Å². The van der Waals surface area contributed by atoms with E-state index in [2.05, 4.69) is 16.2 Å². The normalized spacial score (nSPS) is 20.4. The number of benzene rings is 1. The van der Waals surface area contributed by atoms with Crippen LogP contribution in [0, 0.1) is 0 Å². The van der Waals surface area contributed by atoms with Crippen LogP contribution in [0.2, 0.25) is 0 Å². The van der Waals surface area contributed by atoms with Crippen LogP contribution in [0.4, 0.5) is 0 Å². The molecule has 2 heterocycles. The number of amidine groups is 1. The van der Waals surface area contributed by atoms with E-state index in [1.807, 2.05) is 30.1 Å². The highest BCUT2D eigenvalue weighted by atomic mass is 32.2. The smallest absolute Gasteiger partial charge is 0.191 e. The molecule has 0 radical (unpaired) electrons. The molecule has 104 valence electrons. The molecule has 2 aliphatic heterocycles. The lowest BCUT2D eigenvalue weighted by Gasteiger charge is -2.27. The molecule has 6 heteroatoms. The molecule has 1 aromatic rings. The third kappa shape index (κ3) is 2.16. The highest BCUT2D eigenvalue weighted by molar-refractivity contribution is 8.25. The van der Waals surface area contributed by atoms with Gasteiger partial charge in [0.1, 0.15) is 6.04 Å². The van der Waals surface area contributed by atoms with Crippen molar-refractivity contribution in [1.29, 1.82) is 0 Å². The van der Waals surface area contributed by atoms with E-state index in [1.165, 1.54) is 11.8 Å². The second-order valence-electron chi connectivity index (χ2n) is 4.44. The van der Waals surface area contributed by atoms with Crippen molar-refractivity contribution in [2.75, 3.05) is 14.2 Å². The van der Waals surface area contributed by atoms with Gasteiger partial charge in [-0.15, -0.1) is 0 Å². The van der Waals surface area contributed by atoms with Crippen molar-refractivity contribution >= 4 is 22.5 Å². The Bertz CT molecular complexity index is 625. The molecular weight excluding hydrogens is 274 g/mol. The summed E-state index contributed by atoms with van der Waals surface area (Å²) in [6.07, 6.45) is 2.09. The average molecular weight is 289 g/mol. The summed E-state index contributed by atoms with van der Waals surface area (Å²) in [5.41, 5.74) is 3.89. The Balaban J connectivity index is 2.00. The zero-order valence-corrected chi connectivity index (χ0v) is 12.3. The van der Waals surface area contributed by atoms with Gasteiger partial charge in [0.05, 0.1) is 19.8 Å². The number of hydrogen-bond donors (Lipinski definition) is 0. The number of ether oxygens (including phenoxy) is 2. The topological polar surface area (TPSA) is 46.4 Å². The Morgan fingerprint density at radius 3 is 2.75 bits per heavy atom. The Labute approximate surface area is 122 Å². The Morgan fingerprint density at radius 1 is 1.20 bits per heavy atom. The summed E-state index contributed by atoms with van der Waals surface area (Å²) in [6.45, 7) is 2.00. The first-order valence-corrected chi connectivity index (χ1v) is 7.08. The Hall–Kier alpha value is -1.95. The molecule has 2 aliphatic rings.